The molecule has 1 rings (SSSR count). The van der Waals surface area contributed by atoms with Gasteiger partial charge in [0.2, 0.25) is 0 Å². The molecule has 1 aromatic rings. The highest BCUT2D eigenvalue weighted by atomic mass is 79.9. The van der Waals surface area contributed by atoms with Crippen LogP contribution in [0.15, 0.2) is 27.7 Å². The highest BCUT2D eigenvalue weighted by molar-refractivity contribution is 9.10. The Morgan fingerprint density at radius 2 is 2.00 bits per heavy atom. The van der Waals surface area contributed by atoms with E-state index in [1.54, 1.807) is 0 Å². The Balaban J connectivity index is 3.21. The summed E-state index contributed by atoms with van der Waals surface area (Å²) in [5.41, 5.74) is -1.06. The van der Waals surface area contributed by atoms with E-state index in [1.165, 1.54) is 12.1 Å². The third-order valence-electron chi connectivity index (χ3n) is 1.71. The number of alkyl halides is 3. The van der Waals surface area contributed by atoms with E-state index in [-0.39, 0.29) is 15.8 Å². The molecule has 0 saturated heterocycles. The van der Waals surface area contributed by atoms with Crippen LogP contribution in [-0.4, -0.2) is 24.0 Å². The minimum atomic E-state index is -4.49. The average molecular weight is 282 g/mol. The molecule has 0 amide bonds. The first-order valence-electron chi connectivity index (χ1n) is 3.89. The van der Waals surface area contributed by atoms with Gasteiger partial charge in [0.25, 0.3) is 0 Å². The molecule has 2 nitrogen and oxygen atoms in total. The molecule has 0 aromatic heterocycles. The van der Waals surface area contributed by atoms with Crippen LogP contribution in [0.5, 0.6) is 5.75 Å². The zero-order chi connectivity index (χ0) is 11.6. The van der Waals surface area contributed by atoms with Crippen molar-refractivity contribution in [2.45, 2.75) is 6.18 Å². The van der Waals surface area contributed by atoms with E-state index >= 15 is 0 Å². The van der Waals surface area contributed by atoms with Gasteiger partial charge < -0.3 is 5.11 Å². The van der Waals surface area contributed by atoms with E-state index in [0.29, 0.717) is 0 Å². The summed E-state index contributed by atoms with van der Waals surface area (Å²) in [5.74, 6) is -0.114. The third kappa shape index (κ3) is 2.71. The van der Waals surface area contributed by atoms with E-state index < -0.39 is 11.9 Å². The van der Waals surface area contributed by atoms with Crippen LogP contribution >= 0.6 is 15.9 Å². The normalized spacial score (nSPS) is 13.0. The summed E-state index contributed by atoms with van der Waals surface area (Å²) >= 11 is 2.94. The topological polar surface area (TPSA) is 32.6 Å². The molecule has 1 N–H and O–H groups in total. The van der Waals surface area contributed by atoms with Gasteiger partial charge in [-0.3, -0.25) is 4.99 Å². The maximum absolute atomic E-state index is 12.4. The number of aliphatic imine (C=N–C) groups is 1. The second-order valence-corrected chi connectivity index (χ2v) is 3.59. The molecule has 0 unspecified atom stereocenters. The summed E-state index contributed by atoms with van der Waals surface area (Å²) in [5, 5.41) is 9.13. The lowest BCUT2D eigenvalue weighted by Gasteiger charge is -2.10. The Morgan fingerprint density at radius 1 is 1.40 bits per heavy atom. The average Bonchev–Trinajstić information content (AvgIpc) is 2.10. The second-order valence-electron chi connectivity index (χ2n) is 2.74. The monoisotopic (exact) mass is 281 g/mol. The predicted octanol–water partition coefficient (Wildman–Crippen LogP) is 3.14. The number of halogens is 4. The van der Waals surface area contributed by atoms with Crippen LogP contribution in [0.25, 0.3) is 0 Å². The summed E-state index contributed by atoms with van der Waals surface area (Å²) < 4.78 is 37.5. The number of hydrogen-bond donors (Lipinski definition) is 1. The van der Waals surface area contributed by atoms with E-state index in [0.717, 1.165) is 13.1 Å². The lowest BCUT2D eigenvalue weighted by molar-refractivity contribution is -0.0581. The zero-order valence-corrected chi connectivity index (χ0v) is 9.22. The smallest absolute Gasteiger partial charge is 0.433 e. The van der Waals surface area contributed by atoms with Crippen LogP contribution in [0.1, 0.15) is 5.56 Å². The molecule has 0 spiro atoms. The molecule has 0 heterocycles. The Labute approximate surface area is 92.6 Å². The number of phenols is 1. The number of phenolic OH excluding ortho intramolecular Hbond substituents is 1. The van der Waals surface area contributed by atoms with Gasteiger partial charge in [-0.15, -0.1) is 0 Å². The van der Waals surface area contributed by atoms with Crippen molar-refractivity contribution in [2.75, 3.05) is 7.05 Å². The lowest BCUT2D eigenvalue weighted by atomic mass is 10.1. The molecule has 0 aliphatic heterocycles. The molecule has 0 fully saturated rings. The number of benzene rings is 1. The van der Waals surface area contributed by atoms with E-state index in [2.05, 4.69) is 20.9 Å². The number of rotatable bonds is 1. The Morgan fingerprint density at radius 3 is 2.40 bits per heavy atom. The molecule has 15 heavy (non-hydrogen) atoms. The second kappa shape index (κ2) is 4.22. The highest BCUT2D eigenvalue weighted by Gasteiger charge is 2.36. The number of aromatic hydroxyl groups is 1. The van der Waals surface area contributed by atoms with Crippen molar-refractivity contribution in [3.05, 3.63) is 28.2 Å². The SMILES string of the molecule is CN=C(c1ccc(O)c(Br)c1)C(F)(F)F. The van der Waals surface area contributed by atoms with Crippen molar-refractivity contribution < 1.29 is 18.3 Å². The van der Waals surface area contributed by atoms with Crippen LogP contribution in [0, 0.1) is 0 Å². The van der Waals surface area contributed by atoms with Crippen molar-refractivity contribution >= 4 is 21.6 Å². The maximum Gasteiger partial charge on any atom is 0.433 e. The first-order valence-corrected chi connectivity index (χ1v) is 4.68. The molecule has 0 bridgehead atoms. The minimum Gasteiger partial charge on any atom is -0.507 e. The molecule has 0 aliphatic carbocycles. The first-order chi connectivity index (χ1) is 6.86. The van der Waals surface area contributed by atoms with Crippen LogP contribution < -0.4 is 0 Å². The van der Waals surface area contributed by atoms with Gasteiger partial charge in [0.15, 0.2) is 0 Å². The Hall–Kier alpha value is -1.04. The van der Waals surface area contributed by atoms with Crippen LogP contribution in [0.4, 0.5) is 13.2 Å². The Kier molecular flexibility index (Phi) is 3.38. The third-order valence-corrected chi connectivity index (χ3v) is 2.35. The zero-order valence-electron chi connectivity index (χ0n) is 7.64. The van der Waals surface area contributed by atoms with Crippen molar-refractivity contribution in [3.63, 3.8) is 0 Å². The van der Waals surface area contributed by atoms with Crippen LogP contribution in [0.3, 0.4) is 0 Å². The van der Waals surface area contributed by atoms with Crippen molar-refractivity contribution in [1.82, 2.24) is 0 Å². The van der Waals surface area contributed by atoms with Crippen molar-refractivity contribution in [1.29, 1.82) is 0 Å². The standard InChI is InChI=1S/C9H7BrF3NO/c1-14-8(9(11,12)13)5-2-3-7(15)6(10)4-5/h2-4,15H,1H3. The molecule has 0 saturated carbocycles. The quantitative estimate of drug-likeness (QED) is 0.788. The highest BCUT2D eigenvalue weighted by Crippen LogP contribution is 2.28. The fourth-order valence-electron chi connectivity index (χ4n) is 1.07. The summed E-state index contributed by atoms with van der Waals surface area (Å²) in [7, 11) is 1.07. The Bertz CT molecular complexity index is 401. The van der Waals surface area contributed by atoms with E-state index in [9.17, 15) is 13.2 Å². The molecule has 6 heteroatoms. The fraction of sp³-hybridized carbons (Fsp3) is 0.222. The van der Waals surface area contributed by atoms with Gasteiger partial charge in [-0.2, -0.15) is 13.2 Å². The van der Waals surface area contributed by atoms with Gasteiger partial charge >= 0.3 is 6.18 Å². The number of nitrogens with zero attached hydrogens (tertiary/aromatic N) is 1. The summed E-state index contributed by atoms with van der Waals surface area (Å²) in [6, 6.07) is 3.51. The fourth-order valence-corrected chi connectivity index (χ4v) is 1.45. The summed E-state index contributed by atoms with van der Waals surface area (Å²) in [4.78, 5) is 3.19. The van der Waals surface area contributed by atoms with Crippen molar-refractivity contribution in [3.8, 4) is 5.75 Å². The molecule has 0 atom stereocenters. The summed E-state index contributed by atoms with van der Waals surface area (Å²) in [6.45, 7) is 0. The van der Waals surface area contributed by atoms with Gasteiger partial charge in [0, 0.05) is 12.6 Å². The molecule has 1 aromatic carbocycles. The van der Waals surface area contributed by atoms with Gasteiger partial charge in [0.1, 0.15) is 11.5 Å². The summed E-state index contributed by atoms with van der Waals surface area (Å²) in [6.07, 6.45) is -4.49. The van der Waals surface area contributed by atoms with Crippen LogP contribution in [-0.2, 0) is 0 Å². The predicted molar refractivity (Wildman–Crippen MR) is 54.3 cm³/mol. The van der Waals surface area contributed by atoms with Gasteiger partial charge in [-0.05, 0) is 34.1 Å². The molecule has 0 aliphatic rings. The van der Waals surface area contributed by atoms with E-state index in [4.69, 9.17) is 5.11 Å². The lowest BCUT2D eigenvalue weighted by Crippen LogP contribution is -2.23. The van der Waals surface area contributed by atoms with Gasteiger partial charge in [-0.25, -0.2) is 0 Å². The number of hydrogen-bond acceptors (Lipinski definition) is 2. The molecule has 0 radical (unpaired) electrons. The van der Waals surface area contributed by atoms with E-state index in [1.807, 2.05) is 0 Å². The largest absolute Gasteiger partial charge is 0.507 e. The molecule has 82 valence electrons. The van der Waals surface area contributed by atoms with Crippen molar-refractivity contribution in [2.24, 2.45) is 4.99 Å². The van der Waals surface area contributed by atoms with Gasteiger partial charge in [0.05, 0.1) is 4.47 Å². The minimum absolute atomic E-state index is 0.0883. The van der Waals surface area contributed by atoms with Crippen LogP contribution in [0.2, 0.25) is 0 Å². The molecular formula is C9H7BrF3NO. The molecular weight excluding hydrogens is 275 g/mol. The van der Waals surface area contributed by atoms with Gasteiger partial charge in [-0.1, -0.05) is 0 Å². The maximum atomic E-state index is 12.4. The first kappa shape index (κ1) is 12.0.